The summed E-state index contributed by atoms with van der Waals surface area (Å²) in [7, 11) is 0. The predicted molar refractivity (Wildman–Crippen MR) is 59.6 cm³/mol. The number of hydrogen-bond acceptors (Lipinski definition) is 1. The van der Waals surface area contributed by atoms with Gasteiger partial charge in [-0.1, -0.05) is 11.6 Å². The maximum Gasteiger partial charge on any atom is 0.267 e. The fourth-order valence-electron chi connectivity index (χ4n) is 0.645. The molecule has 1 nitrogen and oxygen atoms in total. The van der Waals surface area contributed by atoms with Crippen LogP contribution in [0.4, 0.5) is 8.78 Å². The summed E-state index contributed by atoms with van der Waals surface area (Å²) < 4.78 is 25.4. The molecule has 0 unspecified atom stereocenters. The molecule has 0 N–H and O–H groups in total. The highest BCUT2D eigenvalue weighted by Gasteiger charge is 2.18. The predicted octanol–water partition coefficient (Wildman–Crippen LogP) is 3.88. The van der Waals surface area contributed by atoms with Crippen LogP contribution in [0.1, 0.15) is 12.0 Å². The second-order valence-corrected chi connectivity index (χ2v) is 4.43. The Balaban J connectivity index is 3.33. The van der Waals surface area contributed by atoms with Crippen molar-refractivity contribution in [2.24, 2.45) is 0 Å². The minimum Gasteiger partial charge on any atom is -0.248 e. The number of nitrogens with zero attached hydrogens (tertiary/aromatic N) is 1. The van der Waals surface area contributed by atoms with E-state index in [9.17, 15) is 8.78 Å². The van der Waals surface area contributed by atoms with E-state index in [1.54, 1.807) is 45.2 Å². The third-order valence-corrected chi connectivity index (χ3v) is 3.81. The first-order valence-electron chi connectivity index (χ1n) is 2.81. The average Bonchev–Trinajstić information content (AvgIpc) is 1.97. The molecule has 0 spiro atoms. The topological polar surface area (TPSA) is 12.9 Å². The van der Waals surface area contributed by atoms with E-state index in [1.807, 2.05) is 0 Å². The van der Waals surface area contributed by atoms with Crippen molar-refractivity contribution in [1.29, 1.82) is 0 Å². The molecule has 0 radical (unpaired) electrons. The molecule has 66 valence electrons. The van der Waals surface area contributed by atoms with Gasteiger partial charge in [0.05, 0.1) is 10.6 Å². The van der Waals surface area contributed by atoms with Crippen molar-refractivity contribution in [2.45, 2.75) is 6.43 Å². The molecule has 12 heavy (non-hydrogen) atoms. The summed E-state index contributed by atoms with van der Waals surface area (Å²) in [6.07, 6.45) is -1.15. The lowest BCUT2D eigenvalue weighted by molar-refractivity contribution is 0.149. The molecule has 0 atom stereocenters. The minimum absolute atomic E-state index is 0.0799. The zero-order valence-electron chi connectivity index (χ0n) is 5.49. The van der Waals surface area contributed by atoms with E-state index in [-0.39, 0.29) is 10.6 Å². The molecule has 0 fully saturated rings. The normalized spacial score (nSPS) is 10.8. The van der Waals surface area contributed by atoms with Gasteiger partial charge in [-0.15, -0.1) is 0 Å². The second kappa shape index (κ2) is 4.32. The van der Waals surface area contributed by atoms with Gasteiger partial charge in [0.1, 0.15) is 3.70 Å². The van der Waals surface area contributed by atoms with Gasteiger partial charge in [0.15, 0.2) is 0 Å². The Morgan fingerprint density at radius 1 is 1.42 bits per heavy atom. The molecular formula is C6H2ClF2I2N. The lowest BCUT2D eigenvalue weighted by Crippen LogP contribution is -1.97. The Kier molecular flexibility index (Phi) is 3.90. The van der Waals surface area contributed by atoms with Gasteiger partial charge in [-0.05, 0) is 45.2 Å². The molecule has 0 aromatic carbocycles. The molecule has 0 bridgehead atoms. The molecule has 0 saturated carbocycles. The first-order chi connectivity index (χ1) is 5.54. The van der Waals surface area contributed by atoms with Crippen LogP contribution in [0.15, 0.2) is 6.20 Å². The standard InChI is InChI=1S/C6H2ClF2I2N/c7-2-1-12-6(11)3(4(2)10)5(8)9/h1,5H. The van der Waals surface area contributed by atoms with Crippen LogP contribution >= 0.6 is 56.8 Å². The van der Waals surface area contributed by atoms with Gasteiger partial charge in [-0.2, -0.15) is 0 Å². The summed E-state index contributed by atoms with van der Waals surface area (Å²) in [6.45, 7) is 0. The Hall–Kier alpha value is 0.760. The molecule has 0 amide bonds. The van der Waals surface area contributed by atoms with Crippen LogP contribution in [0, 0.1) is 7.27 Å². The average molecular weight is 415 g/mol. The quantitative estimate of drug-likeness (QED) is 0.501. The Labute approximate surface area is 100 Å². The third kappa shape index (κ3) is 2.16. The first-order valence-corrected chi connectivity index (χ1v) is 5.35. The highest BCUT2D eigenvalue weighted by Crippen LogP contribution is 2.31. The smallest absolute Gasteiger partial charge is 0.248 e. The molecule has 0 aliphatic heterocycles. The summed E-state index contributed by atoms with van der Waals surface area (Å²) >= 11 is 9.18. The van der Waals surface area contributed by atoms with E-state index in [1.165, 1.54) is 6.20 Å². The zero-order chi connectivity index (χ0) is 9.30. The van der Waals surface area contributed by atoms with Crippen LogP contribution in [0.25, 0.3) is 0 Å². The summed E-state index contributed by atoms with van der Waals surface area (Å²) in [5, 5.41) is 0.270. The highest BCUT2D eigenvalue weighted by molar-refractivity contribution is 14.1. The molecular weight excluding hydrogens is 413 g/mol. The van der Waals surface area contributed by atoms with Crippen molar-refractivity contribution < 1.29 is 8.78 Å². The van der Waals surface area contributed by atoms with Crippen molar-refractivity contribution in [3.63, 3.8) is 0 Å². The van der Waals surface area contributed by atoms with Crippen molar-refractivity contribution in [2.75, 3.05) is 0 Å². The number of halogens is 5. The fraction of sp³-hybridized carbons (Fsp3) is 0.167. The van der Waals surface area contributed by atoms with Gasteiger partial charge in [-0.3, -0.25) is 0 Å². The van der Waals surface area contributed by atoms with Gasteiger partial charge in [0.25, 0.3) is 6.43 Å². The van der Waals surface area contributed by atoms with Crippen LogP contribution in [0.3, 0.4) is 0 Å². The van der Waals surface area contributed by atoms with Crippen LogP contribution in [-0.4, -0.2) is 4.98 Å². The lowest BCUT2D eigenvalue weighted by Gasteiger charge is -2.05. The van der Waals surface area contributed by atoms with Crippen molar-refractivity contribution in [1.82, 2.24) is 4.98 Å². The monoisotopic (exact) mass is 415 g/mol. The number of hydrogen-bond donors (Lipinski definition) is 0. The van der Waals surface area contributed by atoms with E-state index >= 15 is 0 Å². The van der Waals surface area contributed by atoms with Crippen molar-refractivity contribution in [3.8, 4) is 0 Å². The van der Waals surface area contributed by atoms with E-state index in [0.717, 1.165) is 0 Å². The highest BCUT2D eigenvalue weighted by atomic mass is 127. The number of aromatic nitrogens is 1. The van der Waals surface area contributed by atoms with Gasteiger partial charge in [0.2, 0.25) is 0 Å². The maximum atomic E-state index is 12.4. The van der Waals surface area contributed by atoms with Gasteiger partial charge < -0.3 is 0 Å². The molecule has 1 aromatic heterocycles. The molecule has 0 aliphatic rings. The summed E-state index contributed by atoms with van der Waals surface area (Å²) in [5.41, 5.74) is -0.0799. The summed E-state index contributed by atoms with van der Waals surface area (Å²) in [4.78, 5) is 3.73. The summed E-state index contributed by atoms with van der Waals surface area (Å²) in [6, 6.07) is 0. The molecule has 0 aliphatic carbocycles. The van der Waals surface area contributed by atoms with E-state index in [2.05, 4.69) is 4.98 Å². The second-order valence-electron chi connectivity index (χ2n) is 1.93. The van der Waals surface area contributed by atoms with Crippen LogP contribution < -0.4 is 0 Å². The number of rotatable bonds is 1. The van der Waals surface area contributed by atoms with E-state index < -0.39 is 6.43 Å². The SMILES string of the molecule is FC(F)c1c(I)ncc(Cl)c1I. The Bertz CT molecular complexity index is 306. The zero-order valence-corrected chi connectivity index (χ0v) is 10.6. The molecule has 0 saturated heterocycles. The number of alkyl halides is 2. The Morgan fingerprint density at radius 3 is 2.42 bits per heavy atom. The fourth-order valence-corrected chi connectivity index (χ4v) is 2.59. The molecule has 6 heteroatoms. The van der Waals surface area contributed by atoms with E-state index in [4.69, 9.17) is 11.6 Å². The Morgan fingerprint density at radius 2 is 2.00 bits per heavy atom. The largest absolute Gasteiger partial charge is 0.267 e. The van der Waals surface area contributed by atoms with Crippen LogP contribution in [0.2, 0.25) is 5.02 Å². The van der Waals surface area contributed by atoms with Crippen molar-refractivity contribution >= 4 is 56.8 Å². The molecule has 1 heterocycles. The van der Waals surface area contributed by atoms with Gasteiger partial charge >= 0.3 is 0 Å². The van der Waals surface area contributed by atoms with Gasteiger partial charge in [0, 0.05) is 9.77 Å². The summed E-state index contributed by atoms with van der Waals surface area (Å²) in [5.74, 6) is 0. The lowest BCUT2D eigenvalue weighted by atomic mass is 10.3. The number of pyridine rings is 1. The van der Waals surface area contributed by atoms with Crippen molar-refractivity contribution in [3.05, 3.63) is 24.1 Å². The molecule has 1 rings (SSSR count). The third-order valence-electron chi connectivity index (χ3n) is 1.18. The van der Waals surface area contributed by atoms with Crippen LogP contribution in [0.5, 0.6) is 0 Å². The first kappa shape index (κ1) is 10.8. The van der Waals surface area contributed by atoms with E-state index in [0.29, 0.717) is 7.27 Å². The maximum absolute atomic E-state index is 12.4. The molecule has 1 aromatic rings. The van der Waals surface area contributed by atoms with Crippen LogP contribution in [-0.2, 0) is 0 Å². The minimum atomic E-state index is -2.52. The van der Waals surface area contributed by atoms with Gasteiger partial charge in [-0.25, -0.2) is 13.8 Å².